The highest BCUT2D eigenvalue weighted by molar-refractivity contribution is 5.41. The molecule has 0 fully saturated rings. The van der Waals surface area contributed by atoms with Gasteiger partial charge in [0.25, 0.3) is 0 Å². The molecule has 1 heterocycles. The standard InChI is InChI=1S/C11H20N4O/c1-12-11-13-7-6-10(14-11)15(2)8-4-3-5-9-16/h6-7,16H,3-5,8-9H2,1-2H3,(H,12,13,14). The van der Waals surface area contributed by atoms with Crippen molar-refractivity contribution in [1.29, 1.82) is 0 Å². The number of hydrogen-bond donors (Lipinski definition) is 2. The molecular weight excluding hydrogens is 204 g/mol. The summed E-state index contributed by atoms with van der Waals surface area (Å²) >= 11 is 0. The van der Waals surface area contributed by atoms with Crippen LogP contribution in [0.3, 0.4) is 0 Å². The minimum atomic E-state index is 0.279. The molecule has 0 atom stereocenters. The Morgan fingerprint density at radius 1 is 1.38 bits per heavy atom. The maximum absolute atomic E-state index is 8.67. The molecule has 1 aromatic rings. The van der Waals surface area contributed by atoms with Crippen LogP contribution in [0.5, 0.6) is 0 Å². The molecule has 5 heteroatoms. The van der Waals surface area contributed by atoms with Crippen LogP contribution in [0.1, 0.15) is 19.3 Å². The third kappa shape index (κ3) is 4.02. The number of nitrogens with zero attached hydrogens (tertiary/aromatic N) is 3. The Morgan fingerprint density at radius 2 is 2.19 bits per heavy atom. The molecule has 0 bridgehead atoms. The third-order valence-corrected chi connectivity index (χ3v) is 2.41. The number of aliphatic hydroxyl groups is 1. The lowest BCUT2D eigenvalue weighted by molar-refractivity contribution is 0.283. The van der Waals surface area contributed by atoms with E-state index in [0.717, 1.165) is 31.6 Å². The molecule has 90 valence electrons. The molecule has 0 aliphatic rings. The summed E-state index contributed by atoms with van der Waals surface area (Å²) in [6.07, 6.45) is 4.73. The first kappa shape index (κ1) is 12.7. The first-order valence-electron chi connectivity index (χ1n) is 5.60. The van der Waals surface area contributed by atoms with Crippen molar-refractivity contribution in [1.82, 2.24) is 9.97 Å². The molecule has 0 unspecified atom stereocenters. The van der Waals surface area contributed by atoms with E-state index >= 15 is 0 Å². The summed E-state index contributed by atoms with van der Waals surface area (Å²) in [5.74, 6) is 1.56. The maximum atomic E-state index is 8.67. The van der Waals surface area contributed by atoms with Gasteiger partial charge in [-0.2, -0.15) is 4.98 Å². The Morgan fingerprint density at radius 3 is 2.88 bits per heavy atom. The van der Waals surface area contributed by atoms with Crippen molar-refractivity contribution in [3.8, 4) is 0 Å². The van der Waals surface area contributed by atoms with Gasteiger partial charge in [0.05, 0.1) is 0 Å². The summed E-state index contributed by atoms with van der Waals surface area (Å²) in [6.45, 7) is 1.22. The van der Waals surface area contributed by atoms with Crippen molar-refractivity contribution in [3.05, 3.63) is 12.3 Å². The average molecular weight is 224 g/mol. The zero-order valence-corrected chi connectivity index (χ0v) is 9.98. The number of anilines is 2. The van der Waals surface area contributed by atoms with Gasteiger partial charge in [0, 0.05) is 33.4 Å². The number of nitrogens with one attached hydrogen (secondary N) is 1. The second-order valence-electron chi connectivity index (χ2n) is 3.69. The van der Waals surface area contributed by atoms with Gasteiger partial charge in [0.1, 0.15) is 5.82 Å². The second kappa shape index (κ2) is 7.00. The highest BCUT2D eigenvalue weighted by Gasteiger charge is 2.03. The Hall–Kier alpha value is -1.36. The Labute approximate surface area is 96.5 Å². The molecule has 0 aliphatic carbocycles. The van der Waals surface area contributed by atoms with Gasteiger partial charge in [0.2, 0.25) is 5.95 Å². The first-order chi connectivity index (χ1) is 7.77. The fourth-order valence-electron chi connectivity index (χ4n) is 1.43. The van der Waals surface area contributed by atoms with Crippen LogP contribution in [0.15, 0.2) is 12.3 Å². The number of aromatic nitrogens is 2. The number of unbranched alkanes of at least 4 members (excludes halogenated alkanes) is 2. The summed E-state index contributed by atoms with van der Waals surface area (Å²) in [5, 5.41) is 11.6. The Kier molecular flexibility index (Phi) is 5.56. The van der Waals surface area contributed by atoms with E-state index in [9.17, 15) is 0 Å². The molecule has 1 rings (SSSR count). The lowest BCUT2D eigenvalue weighted by Gasteiger charge is -2.18. The van der Waals surface area contributed by atoms with Crippen LogP contribution < -0.4 is 10.2 Å². The zero-order valence-electron chi connectivity index (χ0n) is 9.98. The highest BCUT2D eigenvalue weighted by atomic mass is 16.2. The molecule has 2 N–H and O–H groups in total. The minimum Gasteiger partial charge on any atom is -0.396 e. The van der Waals surface area contributed by atoms with Crippen LogP contribution in [-0.2, 0) is 0 Å². The molecule has 0 amide bonds. The van der Waals surface area contributed by atoms with Gasteiger partial charge >= 0.3 is 0 Å². The largest absolute Gasteiger partial charge is 0.396 e. The molecule has 0 aromatic carbocycles. The minimum absolute atomic E-state index is 0.279. The number of rotatable bonds is 7. The van der Waals surface area contributed by atoms with Crippen LogP contribution in [-0.4, -0.2) is 42.3 Å². The van der Waals surface area contributed by atoms with Gasteiger partial charge < -0.3 is 15.3 Å². The fourth-order valence-corrected chi connectivity index (χ4v) is 1.43. The van der Waals surface area contributed by atoms with Crippen LogP contribution >= 0.6 is 0 Å². The molecule has 0 radical (unpaired) electrons. The van der Waals surface area contributed by atoms with Crippen LogP contribution in [0.25, 0.3) is 0 Å². The predicted octanol–water partition coefficient (Wildman–Crippen LogP) is 1.12. The molecule has 16 heavy (non-hydrogen) atoms. The molecule has 0 spiro atoms. The Balaban J connectivity index is 2.42. The predicted molar refractivity (Wildman–Crippen MR) is 65.8 cm³/mol. The van der Waals surface area contributed by atoms with Gasteiger partial charge in [-0.25, -0.2) is 4.98 Å². The van der Waals surface area contributed by atoms with Crippen LogP contribution in [0, 0.1) is 0 Å². The van der Waals surface area contributed by atoms with E-state index in [1.807, 2.05) is 13.1 Å². The lowest BCUT2D eigenvalue weighted by atomic mass is 10.2. The van der Waals surface area contributed by atoms with Gasteiger partial charge in [-0.3, -0.25) is 0 Å². The fraction of sp³-hybridized carbons (Fsp3) is 0.636. The van der Waals surface area contributed by atoms with Crippen molar-refractivity contribution in [3.63, 3.8) is 0 Å². The van der Waals surface area contributed by atoms with E-state index in [1.54, 1.807) is 13.2 Å². The smallest absolute Gasteiger partial charge is 0.224 e. The summed E-state index contributed by atoms with van der Waals surface area (Å²) in [7, 11) is 3.82. The van der Waals surface area contributed by atoms with Crippen LogP contribution in [0.2, 0.25) is 0 Å². The summed E-state index contributed by atoms with van der Waals surface area (Å²) in [5.41, 5.74) is 0. The van der Waals surface area contributed by atoms with Gasteiger partial charge in [0.15, 0.2) is 0 Å². The molecular formula is C11H20N4O. The topological polar surface area (TPSA) is 61.3 Å². The SMILES string of the molecule is CNc1nccc(N(C)CCCCCO)n1. The zero-order chi connectivity index (χ0) is 11.8. The van der Waals surface area contributed by atoms with Crippen molar-refractivity contribution in [2.24, 2.45) is 0 Å². The monoisotopic (exact) mass is 224 g/mol. The normalized spacial score (nSPS) is 10.2. The van der Waals surface area contributed by atoms with E-state index in [4.69, 9.17) is 5.11 Å². The lowest BCUT2D eigenvalue weighted by Crippen LogP contribution is -2.20. The summed E-state index contributed by atoms with van der Waals surface area (Å²) < 4.78 is 0. The van der Waals surface area contributed by atoms with E-state index in [1.165, 1.54) is 0 Å². The van der Waals surface area contributed by atoms with Crippen LogP contribution in [0.4, 0.5) is 11.8 Å². The Bertz CT molecular complexity index is 306. The first-order valence-corrected chi connectivity index (χ1v) is 5.60. The van der Waals surface area contributed by atoms with Crippen molar-refractivity contribution in [2.45, 2.75) is 19.3 Å². The van der Waals surface area contributed by atoms with Gasteiger partial charge in [-0.05, 0) is 25.3 Å². The number of hydrogen-bond acceptors (Lipinski definition) is 5. The second-order valence-corrected chi connectivity index (χ2v) is 3.69. The van der Waals surface area contributed by atoms with E-state index in [-0.39, 0.29) is 6.61 Å². The van der Waals surface area contributed by atoms with E-state index in [0.29, 0.717) is 5.95 Å². The average Bonchev–Trinajstić information content (AvgIpc) is 2.34. The molecule has 0 saturated heterocycles. The third-order valence-electron chi connectivity index (χ3n) is 2.41. The van der Waals surface area contributed by atoms with Gasteiger partial charge in [-0.15, -0.1) is 0 Å². The summed E-state index contributed by atoms with van der Waals surface area (Å²) in [4.78, 5) is 10.5. The summed E-state index contributed by atoms with van der Waals surface area (Å²) in [6, 6.07) is 1.90. The maximum Gasteiger partial charge on any atom is 0.224 e. The van der Waals surface area contributed by atoms with Crippen molar-refractivity contribution in [2.75, 3.05) is 37.5 Å². The quantitative estimate of drug-likeness (QED) is 0.680. The van der Waals surface area contributed by atoms with E-state index in [2.05, 4.69) is 20.2 Å². The van der Waals surface area contributed by atoms with Crippen molar-refractivity contribution < 1.29 is 5.11 Å². The molecule has 0 aliphatic heterocycles. The van der Waals surface area contributed by atoms with Crippen molar-refractivity contribution >= 4 is 11.8 Å². The number of aliphatic hydroxyl groups excluding tert-OH is 1. The molecule has 1 aromatic heterocycles. The highest BCUT2D eigenvalue weighted by Crippen LogP contribution is 2.10. The molecule has 5 nitrogen and oxygen atoms in total. The van der Waals surface area contributed by atoms with Gasteiger partial charge in [-0.1, -0.05) is 0 Å². The van der Waals surface area contributed by atoms with E-state index < -0.39 is 0 Å². The molecule has 0 saturated carbocycles.